The van der Waals surface area contributed by atoms with E-state index in [1.165, 1.54) is 4.68 Å². The van der Waals surface area contributed by atoms with E-state index in [4.69, 9.17) is 0 Å². The van der Waals surface area contributed by atoms with Crippen LogP contribution in [0.3, 0.4) is 0 Å². The molecule has 0 saturated heterocycles. The van der Waals surface area contributed by atoms with E-state index in [-0.39, 0.29) is 4.90 Å². The van der Waals surface area contributed by atoms with E-state index in [1.54, 1.807) is 31.3 Å². The number of anilines is 1. The molecular formula is C12H14BrN3O2S. The predicted molar refractivity (Wildman–Crippen MR) is 77.6 cm³/mol. The molecule has 5 nitrogen and oxygen atoms in total. The zero-order valence-corrected chi connectivity index (χ0v) is 13.2. The number of sulfonamides is 1. The van der Waals surface area contributed by atoms with Crippen molar-refractivity contribution in [3.05, 3.63) is 40.0 Å². The van der Waals surface area contributed by atoms with Crippen molar-refractivity contribution >= 4 is 31.8 Å². The summed E-state index contributed by atoms with van der Waals surface area (Å²) in [5.74, 6) is 0.443. The summed E-state index contributed by atoms with van der Waals surface area (Å²) in [5.41, 5.74) is 1.62. The molecule has 1 aromatic carbocycles. The smallest absolute Gasteiger partial charge is 0.263 e. The Bertz CT molecular complexity index is 723. The van der Waals surface area contributed by atoms with E-state index in [0.717, 1.165) is 15.7 Å². The molecule has 0 aliphatic heterocycles. The highest BCUT2D eigenvalue weighted by Crippen LogP contribution is 2.22. The van der Waals surface area contributed by atoms with Gasteiger partial charge in [-0.25, -0.2) is 8.42 Å². The molecular weight excluding hydrogens is 330 g/mol. The maximum absolute atomic E-state index is 12.3. The third-order valence-electron chi connectivity index (χ3n) is 2.68. The van der Waals surface area contributed by atoms with Gasteiger partial charge in [0.25, 0.3) is 10.0 Å². The predicted octanol–water partition coefficient (Wildman–Crippen LogP) is 2.60. The number of hydrogen-bond donors (Lipinski definition) is 1. The minimum Gasteiger partial charge on any atom is -0.264 e. The molecule has 2 rings (SSSR count). The number of nitrogens with one attached hydrogen (secondary N) is 1. The van der Waals surface area contributed by atoms with Crippen LogP contribution in [0.2, 0.25) is 0 Å². The molecule has 19 heavy (non-hydrogen) atoms. The van der Waals surface area contributed by atoms with Crippen LogP contribution >= 0.6 is 15.9 Å². The van der Waals surface area contributed by atoms with Gasteiger partial charge in [-0.3, -0.25) is 9.40 Å². The Morgan fingerprint density at radius 1 is 1.26 bits per heavy atom. The molecule has 0 amide bonds. The van der Waals surface area contributed by atoms with Crippen LogP contribution in [0, 0.1) is 13.8 Å². The van der Waals surface area contributed by atoms with Gasteiger partial charge in [-0.05, 0) is 37.6 Å². The lowest BCUT2D eigenvalue weighted by Gasteiger charge is -2.09. The molecule has 1 heterocycles. The summed E-state index contributed by atoms with van der Waals surface area (Å²) in [6, 6.07) is 6.58. The number of halogens is 1. The Kier molecular flexibility index (Phi) is 3.69. The summed E-state index contributed by atoms with van der Waals surface area (Å²) in [4.78, 5) is 0.229. The van der Waals surface area contributed by atoms with Gasteiger partial charge in [-0.15, -0.1) is 0 Å². The van der Waals surface area contributed by atoms with Crippen molar-refractivity contribution in [2.75, 3.05) is 4.72 Å². The maximum atomic E-state index is 12.3. The van der Waals surface area contributed by atoms with Crippen molar-refractivity contribution in [1.29, 1.82) is 0 Å². The second kappa shape index (κ2) is 4.97. The summed E-state index contributed by atoms with van der Waals surface area (Å²) >= 11 is 3.35. The second-order valence-electron chi connectivity index (χ2n) is 4.31. The minimum absolute atomic E-state index is 0.229. The molecule has 0 aliphatic carbocycles. The fourth-order valence-electron chi connectivity index (χ4n) is 1.69. The van der Waals surface area contributed by atoms with Crippen LogP contribution in [0.1, 0.15) is 11.3 Å². The highest BCUT2D eigenvalue weighted by atomic mass is 79.9. The second-order valence-corrected chi connectivity index (χ2v) is 6.85. The molecule has 102 valence electrons. The van der Waals surface area contributed by atoms with E-state index < -0.39 is 10.0 Å². The number of benzene rings is 1. The van der Waals surface area contributed by atoms with Crippen molar-refractivity contribution in [2.24, 2.45) is 7.05 Å². The van der Waals surface area contributed by atoms with E-state index in [1.807, 2.05) is 13.8 Å². The first-order chi connectivity index (χ1) is 8.79. The van der Waals surface area contributed by atoms with Gasteiger partial charge in [-0.2, -0.15) is 5.10 Å². The third-order valence-corrected chi connectivity index (χ3v) is 4.92. The van der Waals surface area contributed by atoms with Crippen LogP contribution in [0.25, 0.3) is 0 Å². The summed E-state index contributed by atoms with van der Waals surface area (Å²) in [7, 11) is -1.90. The molecule has 0 unspecified atom stereocenters. The van der Waals surface area contributed by atoms with Crippen molar-refractivity contribution < 1.29 is 8.42 Å². The van der Waals surface area contributed by atoms with E-state index in [9.17, 15) is 8.42 Å². The Morgan fingerprint density at radius 3 is 2.47 bits per heavy atom. The van der Waals surface area contributed by atoms with E-state index in [0.29, 0.717) is 5.82 Å². The normalized spacial score (nSPS) is 11.6. The van der Waals surface area contributed by atoms with E-state index >= 15 is 0 Å². The standard InChI is InChI=1S/C12H14BrN3O2S/c1-8-6-10(4-5-11(8)13)19(17,18)15-12-7-9(2)14-16(12)3/h4-7,15H,1-3H3. The number of aryl methyl sites for hydroxylation is 3. The fourth-order valence-corrected chi connectivity index (χ4v) is 3.10. The largest absolute Gasteiger partial charge is 0.264 e. The number of nitrogens with zero attached hydrogens (tertiary/aromatic N) is 2. The lowest BCUT2D eigenvalue weighted by atomic mass is 10.2. The topological polar surface area (TPSA) is 64.0 Å². The maximum Gasteiger partial charge on any atom is 0.263 e. The van der Waals surface area contributed by atoms with Crippen molar-refractivity contribution in [3.8, 4) is 0 Å². The van der Waals surface area contributed by atoms with Gasteiger partial charge >= 0.3 is 0 Å². The molecule has 0 bridgehead atoms. The third kappa shape index (κ3) is 2.98. The van der Waals surface area contributed by atoms with Gasteiger partial charge in [0.1, 0.15) is 5.82 Å². The summed E-state index contributed by atoms with van der Waals surface area (Å²) in [6.07, 6.45) is 0. The fraction of sp³-hybridized carbons (Fsp3) is 0.250. The lowest BCUT2D eigenvalue weighted by molar-refractivity contribution is 0.600. The molecule has 0 aliphatic rings. The van der Waals surface area contributed by atoms with Crippen LogP contribution in [0.4, 0.5) is 5.82 Å². The molecule has 1 aromatic heterocycles. The summed E-state index contributed by atoms with van der Waals surface area (Å²) < 4.78 is 29.4. The van der Waals surface area contributed by atoms with Gasteiger partial charge in [0.2, 0.25) is 0 Å². The first-order valence-corrected chi connectivity index (χ1v) is 7.87. The molecule has 0 atom stereocenters. The number of hydrogen-bond acceptors (Lipinski definition) is 3. The van der Waals surface area contributed by atoms with Crippen LogP contribution in [0.15, 0.2) is 33.6 Å². The summed E-state index contributed by atoms with van der Waals surface area (Å²) in [5, 5.41) is 4.10. The Balaban J connectivity index is 2.37. The van der Waals surface area contributed by atoms with Gasteiger partial charge < -0.3 is 0 Å². The van der Waals surface area contributed by atoms with Gasteiger partial charge in [0.15, 0.2) is 0 Å². The quantitative estimate of drug-likeness (QED) is 0.931. The zero-order chi connectivity index (χ0) is 14.2. The molecule has 0 saturated carbocycles. The molecule has 0 fully saturated rings. The van der Waals surface area contributed by atoms with Crippen molar-refractivity contribution in [1.82, 2.24) is 9.78 Å². The highest BCUT2D eigenvalue weighted by Gasteiger charge is 2.17. The van der Waals surface area contributed by atoms with Crippen molar-refractivity contribution in [3.63, 3.8) is 0 Å². The van der Waals surface area contributed by atoms with Crippen LogP contribution in [-0.4, -0.2) is 18.2 Å². The summed E-state index contributed by atoms with van der Waals surface area (Å²) in [6.45, 7) is 3.65. The van der Waals surface area contributed by atoms with Crippen molar-refractivity contribution in [2.45, 2.75) is 18.7 Å². The monoisotopic (exact) mass is 343 g/mol. The van der Waals surface area contributed by atoms with Crippen LogP contribution in [0.5, 0.6) is 0 Å². The molecule has 0 radical (unpaired) electrons. The molecule has 1 N–H and O–H groups in total. The highest BCUT2D eigenvalue weighted by molar-refractivity contribution is 9.10. The average Bonchev–Trinajstić information content (AvgIpc) is 2.60. The van der Waals surface area contributed by atoms with Gasteiger partial charge in [-0.1, -0.05) is 15.9 Å². The Labute approximate surface area is 120 Å². The SMILES string of the molecule is Cc1cc(NS(=O)(=O)c2ccc(Br)c(C)c2)n(C)n1. The Morgan fingerprint density at radius 2 is 1.95 bits per heavy atom. The molecule has 0 spiro atoms. The van der Waals surface area contributed by atoms with Crippen LogP contribution in [-0.2, 0) is 17.1 Å². The number of aromatic nitrogens is 2. The zero-order valence-electron chi connectivity index (χ0n) is 10.8. The Hall–Kier alpha value is -1.34. The lowest BCUT2D eigenvalue weighted by Crippen LogP contribution is -2.15. The average molecular weight is 344 g/mol. The van der Waals surface area contributed by atoms with Crippen LogP contribution < -0.4 is 4.72 Å². The molecule has 2 aromatic rings. The van der Waals surface area contributed by atoms with Gasteiger partial charge in [0, 0.05) is 17.6 Å². The first kappa shape index (κ1) is 14.1. The van der Waals surface area contributed by atoms with Gasteiger partial charge in [0.05, 0.1) is 10.6 Å². The van der Waals surface area contributed by atoms with E-state index in [2.05, 4.69) is 25.8 Å². The number of rotatable bonds is 3. The molecule has 7 heteroatoms. The minimum atomic E-state index is -3.59. The first-order valence-electron chi connectivity index (χ1n) is 5.59.